The predicted molar refractivity (Wildman–Crippen MR) is 25.7 cm³/mol. The van der Waals surface area contributed by atoms with E-state index in [0.717, 1.165) is 6.92 Å². The molecule has 50 valence electrons. The molecule has 0 atom stereocenters. The van der Waals surface area contributed by atoms with E-state index in [4.69, 9.17) is 19.9 Å². The number of carboxylic acid groups (broad SMARTS) is 1. The number of rotatable bonds is 0. The zero-order chi connectivity index (χ0) is 7.15. The van der Waals surface area contributed by atoms with Crippen LogP contribution in [0.25, 0.3) is 0 Å². The third-order valence-corrected chi connectivity index (χ3v) is 0. The molecule has 0 fully saturated rings. The maximum atomic E-state index is 10.1. The Labute approximate surface area is 75.7 Å². The van der Waals surface area contributed by atoms with E-state index in [-0.39, 0.29) is 31.0 Å². The Morgan fingerprint density at radius 2 is 1.67 bits per heavy atom. The number of carbonyl (C=O) groups is 1. The van der Waals surface area contributed by atoms with Crippen molar-refractivity contribution < 1.29 is 55.2 Å². The Hall–Kier alpha value is 0.385. The van der Waals surface area contributed by atoms with Crippen LogP contribution in [0.4, 0.5) is 4.32 Å². The standard InChI is InChI=1S/C2H4O2.BFH2O2.Na.H/c1-2(3)4;2-1(3)4;;/h1H3,(H,3,4);3-4H;;/q;;+1;-1. The van der Waals surface area contributed by atoms with E-state index in [9.17, 15) is 4.32 Å². The van der Waals surface area contributed by atoms with Crippen molar-refractivity contribution in [2.45, 2.75) is 6.92 Å². The van der Waals surface area contributed by atoms with Crippen molar-refractivity contribution in [2.24, 2.45) is 0 Å². The first-order valence-electron chi connectivity index (χ1n) is 1.66. The summed E-state index contributed by atoms with van der Waals surface area (Å²) < 4.78 is 10.1. The van der Waals surface area contributed by atoms with Crippen LogP contribution in [-0.4, -0.2) is 28.5 Å². The zero-order valence-electron chi connectivity index (χ0n) is 6.21. The first-order valence-corrected chi connectivity index (χ1v) is 1.66. The van der Waals surface area contributed by atoms with Crippen molar-refractivity contribution in [3.8, 4) is 0 Å². The summed E-state index contributed by atoms with van der Waals surface area (Å²) in [6.07, 6.45) is 0. The van der Waals surface area contributed by atoms with Crippen LogP contribution < -0.4 is 29.6 Å². The molecule has 0 amide bonds. The Morgan fingerprint density at radius 3 is 1.67 bits per heavy atom. The van der Waals surface area contributed by atoms with Crippen molar-refractivity contribution in [1.29, 1.82) is 0 Å². The van der Waals surface area contributed by atoms with Crippen LogP contribution in [0.5, 0.6) is 0 Å². The number of hydrogen-bond acceptors (Lipinski definition) is 3. The minimum Gasteiger partial charge on any atom is -1.00 e. The summed E-state index contributed by atoms with van der Waals surface area (Å²) in [5, 5.41) is 21.3. The fourth-order valence-corrected chi connectivity index (χ4v) is 0. The molecule has 0 radical (unpaired) electrons. The average molecular weight is 148 g/mol. The predicted octanol–water partition coefficient (Wildman–Crippen LogP) is -3.87. The van der Waals surface area contributed by atoms with Gasteiger partial charge in [0.2, 0.25) is 0 Å². The minimum atomic E-state index is -2.67. The van der Waals surface area contributed by atoms with Crippen LogP contribution >= 0.6 is 0 Å². The van der Waals surface area contributed by atoms with E-state index < -0.39 is 13.4 Å². The summed E-state index contributed by atoms with van der Waals surface area (Å²) in [6, 6.07) is 0. The molecule has 0 unspecified atom stereocenters. The molecular weight excluding hydrogens is 141 g/mol. The maximum absolute atomic E-state index is 10.1. The summed E-state index contributed by atoms with van der Waals surface area (Å²) in [6.45, 7) is 1.08. The molecule has 0 bridgehead atoms. The van der Waals surface area contributed by atoms with E-state index >= 15 is 0 Å². The fourth-order valence-electron chi connectivity index (χ4n) is 0. The summed E-state index contributed by atoms with van der Waals surface area (Å²) in [5.74, 6) is -0.833. The molecule has 0 aromatic carbocycles. The fraction of sp³-hybridized carbons (Fsp3) is 0.500. The van der Waals surface area contributed by atoms with Gasteiger partial charge in [-0.2, -0.15) is 0 Å². The van der Waals surface area contributed by atoms with Gasteiger partial charge in [0, 0.05) is 6.92 Å². The van der Waals surface area contributed by atoms with Crippen molar-refractivity contribution in [3.63, 3.8) is 0 Å². The van der Waals surface area contributed by atoms with Crippen molar-refractivity contribution in [2.75, 3.05) is 0 Å². The average Bonchev–Trinajstić information content (AvgIpc) is 1.25. The molecule has 3 N–H and O–H groups in total. The Morgan fingerprint density at radius 1 is 1.67 bits per heavy atom. The molecule has 0 spiro atoms. The quantitative estimate of drug-likeness (QED) is 0.307. The SMILES string of the molecule is CC(=O)O.OB(O)F.[H-].[Na+]. The first-order chi connectivity index (χ1) is 3.46. The van der Waals surface area contributed by atoms with Gasteiger partial charge in [-0.15, -0.1) is 0 Å². The van der Waals surface area contributed by atoms with Crippen LogP contribution in [0.15, 0.2) is 0 Å². The Bertz CT molecular complexity index is 67.5. The first kappa shape index (κ1) is 16.2. The molecule has 0 heterocycles. The number of aliphatic carboxylic acids is 1. The summed E-state index contributed by atoms with van der Waals surface area (Å²) >= 11 is 0. The van der Waals surface area contributed by atoms with Crippen LogP contribution in [0, 0.1) is 0 Å². The molecule has 0 saturated heterocycles. The van der Waals surface area contributed by atoms with Gasteiger partial charge in [0.1, 0.15) is 0 Å². The van der Waals surface area contributed by atoms with E-state index in [2.05, 4.69) is 0 Å². The molecule has 4 nitrogen and oxygen atoms in total. The molecule has 7 heteroatoms. The topological polar surface area (TPSA) is 77.8 Å². The van der Waals surface area contributed by atoms with Gasteiger partial charge in [-0.25, -0.2) is 0 Å². The van der Waals surface area contributed by atoms with E-state index in [1.165, 1.54) is 0 Å². The van der Waals surface area contributed by atoms with Gasteiger partial charge in [-0.3, -0.25) is 9.11 Å². The third-order valence-electron chi connectivity index (χ3n) is 0. The second kappa shape index (κ2) is 11.2. The number of hydrogen-bond donors (Lipinski definition) is 3. The zero-order valence-corrected chi connectivity index (χ0v) is 7.21. The van der Waals surface area contributed by atoms with Crippen molar-refractivity contribution >= 4 is 13.4 Å². The molecule has 0 saturated carbocycles. The second-order valence-electron chi connectivity index (χ2n) is 0.830. The van der Waals surface area contributed by atoms with Gasteiger partial charge in [-0.05, 0) is 0 Å². The van der Waals surface area contributed by atoms with Gasteiger partial charge in [0.05, 0.1) is 0 Å². The largest absolute Gasteiger partial charge is 1.00 e. The summed E-state index contributed by atoms with van der Waals surface area (Å²) in [4.78, 5) is 9.00. The van der Waals surface area contributed by atoms with E-state index in [1.807, 2.05) is 0 Å². The molecule has 0 aliphatic rings. The van der Waals surface area contributed by atoms with Gasteiger partial charge in [-0.1, -0.05) is 0 Å². The molecule has 0 rings (SSSR count). The van der Waals surface area contributed by atoms with Crippen LogP contribution in [0.2, 0.25) is 0 Å². The molecule has 0 aromatic heterocycles. The van der Waals surface area contributed by atoms with Crippen molar-refractivity contribution in [1.82, 2.24) is 0 Å². The second-order valence-corrected chi connectivity index (χ2v) is 0.830. The molecular formula is C2H7BFNaO4. The van der Waals surface area contributed by atoms with Gasteiger partial charge in [0.15, 0.2) is 0 Å². The third kappa shape index (κ3) is 2310. The van der Waals surface area contributed by atoms with Crippen LogP contribution in [0.3, 0.4) is 0 Å². The summed E-state index contributed by atoms with van der Waals surface area (Å²) in [5.41, 5.74) is 0. The van der Waals surface area contributed by atoms with E-state index in [0.29, 0.717) is 0 Å². The normalized spacial score (nSPS) is 5.78. The number of halogens is 1. The molecule has 0 aliphatic carbocycles. The van der Waals surface area contributed by atoms with Crippen molar-refractivity contribution in [3.05, 3.63) is 0 Å². The van der Waals surface area contributed by atoms with Gasteiger partial charge >= 0.3 is 37.0 Å². The van der Waals surface area contributed by atoms with E-state index in [1.54, 1.807) is 0 Å². The summed E-state index contributed by atoms with van der Waals surface area (Å²) in [7, 11) is -2.67. The maximum Gasteiger partial charge on any atom is 1.00 e. The minimum absolute atomic E-state index is 0. The number of carboxylic acids is 1. The van der Waals surface area contributed by atoms with Crippen LogP contribution in [0.1, 0.15) is 8.35 Å². The molecule has 0 aromatic rings. The monoisotopic (exact) mass is 148 g/mol. The van der Waals surface area contributed by atoms with Crippen LogP contribution in [-0.2, 0) is 4.79 Å². The molecule has 0 aliphatic heterocycles. The Kier molecular flexibility index (Phi) is 20.2. The Balaban J connectivity index is -0.0000000300. The molecule has 9 heavy (non-hydrogen) atoms. The van der Waals surface area contributed by atoms with Gasteiger partial charge < -0.3 is 16.6 Å². The smallest absolute Gasteiger partial charge is 1.00 e. The van der Waals surface area contributed by atoms with Gasteiger partial charge in [0.25, 0.3) is 5.97 Å².